The molecule has 1 saturated carbocycles. The van der Waals surface area contributed by atoms with E-state index in [2.05, 4.69) is 59.6 Å². The predicted octanol–water partition coefficient (Wildman–Crippen LogP) is 7.06. The Morgan fingerprint density at radius 2 is 1.52 bits per heavy atom. The Hall–Kier alpha value is -2.56. The van der Waals surface area contributed by atoms with Crippen LogP contribution in [0.1, 0.15) is 12.0 Å². The second-order valence-electron chi connectivity index (χ2n) is 6.76. The van der Waals surface area contributed by atoms with Crippen molar-refractivity contribution in [3.05, 3.63) is 84.0 Å². The molecule has 1 aromatic carbocycles. The molecule has 0 radical (unpaired) electrons. The minimum Gasteiger partial charge on any atom is -0.246 e. The largest absolute Gasteiger partial charge is 0.246 e. The van der Waals surface area contributed by atoms with Crippen LogP contribution in [0.15, 0.2) is 88.4 Å². The van der Waals surface area contributed by atoms with Crippen molar-refractivity contribution in [3.8, 4) is 9.75 Å². The Bertz CT molecular complexity index is 1070. The predicted molar refractivity (Wildman–Crippen MR) is 118 cm³/mol. The van der Waals surface area contributed by atoms with Crippen LogP contribution in [0.3, 0.4) is 0 Å². The van der Waals surface area contributed by atoms with Crippen molar-refractivity contribution in [2.75, 3.05) is 0 Å². The molecule has 0 bridgehead atoms. The molecular weight excluding hydrogens is 368 g/mol. The first-order chi connectivity index (χ1) is 13.3. The summed E-state index contributed by atoms with van der Waals surface area (Å²) in [5, 5.41) is 2.08. The van der Waals surface area contributed by atoms with Crippen LogP contribution in [0.2, 0.25) is 0 Å². The second kappa shape index (κ2) is 7.22. The highest BCUT2D eigenvalue weighted by atomic mass is 32.1. The summed E-state index contributed by atoms with van der Waals surface area (Å²) in [5.41, 5.74) is 2.48. The molecule has 132 valence electrons. The van der Waals surface area contributed by atoms with Gasteiger partial charge in [-0.25, -0.2) is 9.98 Å². The van der Waals surface area contributed by atoms with E-state index in [0.29, 0.717) is 5.92 Å². The van der Waals surface area contributed by atoms with Gasteiger partial charge < -0.3 is 0 Å². The monoisotopic (exact) mass is 386 g/mol. The van der Waals surface area contributed by atoms with Crippen molar-refractivity contribution < 1.29 is 0 Å². The first-order valence-electron chi connectivity index (χ1n) is 9.07. The summed E-state index contributed by atoms with van der Waals surface area (Å²) >= 11 is 3.44. The number of aliphatic imine (C=N–C) groups is 2. The molecule has 5 rings (SSSR count). The van der Waals surface area contributed by atoms with Gasteiger partial charge >= 0.3 is 0 Å². The van der Waals surface area contributed by atoms with Crippen LogP contribution < -0.4 is 0 Å². The Morgan fingerprint density at radius 1 is 0.815 bits per heavy atom. The summed E-state index contributed by atoms with van der Waals surface area (Å²) in [5.74, 6) is 1.47. The average Bonchev–Trinajstić information content (AvgIpc) is 3.13. The van der Waals surface area contributed by atoms with E-state index in [1.54, 1.807) is 22.7 Å². The van der Waals surface area contributed by atoms with Gasteiger partial charge in [-0.05, 0) is 53.7 Å². The fraction of sp³-hybridized carbons (Fsp3) is 0.130. The van der Waals surface area contributed by atoms with Gasteiger partial charge in [0.25, 0.3) is 0 Å². The standard InChI is InChI=1S/C23H18N2S2/c1-2-5-16(6-3-1)14-24-22-11-9-20(26-22)21-10-12-23(27-21)25-15-18-8-4-7-17-13-19(17)18/h1-12,14-15,17,19H,13H2/b24-14+,25-15+. The van der Waals surface area contributed by atoms with Crippen LogP contribution in [0.4, 0.5) is 10.0 Å². The highest BCUT2D eigenvalue weighted by Gasteiger charge is 2.38. The van der Waals surface area contributed by atoms with E-state index in [4.69, 9.17) is 4.99 Å². The van der Waals surface area contributed by atoms with Gasteiger partial charge in [-0.15, -0.1) is 22.7 Å². The number of hydrogen-bond acceptors (Lipinski definition) is 4. The molecule has 27 heavy (non-hydrogen) atoms. The summed E-state index contributed by atoms with van der Waals surface area (Å²) in [6.07, 6.45) is 11.9. The Kier molecular flexibility index (Phi) is 4.44. The average molecular weight is 387 g/mol. The maximum atomic E-state index is 4.70. The SMILES string of the molecule is C1=CC2CC2C(/C=N/c2ccc(-c3ccc(/N=C/c4ccccc4)s3)s2)=C1. The Labute approximate surface area is 167 Å². The highest BCUT2D eigenvalue weighted by Crippen LogP contribution is 2.47. The Balaban J connectivity index is 1.29. The fourth-order valence-corrected chi connectivity index (χ4v) is 5.05. The lowest BCUT2D eigenvalue weighted by molar-refractivity contribution is 0.954. The molecule has 2 aliphatic rings. The molecule has 2 atom stereocenters. The number of thiophene rings is 2. The van der Waals surface area contributed by atoms with E-state index >= 15 is 0 Å². The third-order valence-corrected chi connectivity index (χ3v) is 7.00. The quantitative estimate of drug-likeness (QED) is 0.419. The van der Waals surface area contributed by atoms with Crippen molar-refractivity contribution in [2.45, 2.75) is 6.42 Å². The second-order valence-corrected chi connectivity index (χ2v) is 8.88. The van der Waals surface area contributed by atoms with E-state index in [1.807, 2.05) is 30.6 Å². The smallest absolute Gasteiger partial charge is 0.116 e. The normalized spacial score (nSPS) is 21.0. The lowest BCUT2D eigenvalue weighted by Crippen LogP contribution is -1.92. The van der Waals surface area contributed by atoms with Gasteiger partial charge in [-0.3, -0.25) is 0 Å². The lowest BCUT2D eigenvalue weighted by atomic mass is 10.1. The third kappa shape index (κ3) is 3.77. The van der Waals surface area contributed by atoms with Crippen LogP contribution in [0, 0.1) is 11.8 Å². The van der Waals surface area contributed by atoms with Crippen molar-refractivity contribution in [1.29, 1.82) is 0 Å². The first-order valence-corrected chi connectivity index (χ1v) is 10.7. The van der Waals surface area contributed by atoms with Gasteiger partial charge in [0.2, 0.25) is 0 Å². The summed E-state index contributed by atoms with van der Waals surface area (Å²) in [6.45, 7) is 0. The van der Waals surface area contributed by atoms with Crippen molar-refractivity contribution in [1.82, 2.24) is 0 Å². The van der Waals surface area contributed by atoms with E-state index in [-0.39, 0.29) is 0 Å². The molecule has 0 saturated heterocycles. The van der Waals surface area contributed by atoms with E-state index in [9.17, 15) is 0 Å². The first kappa shape index (κ1) is 16.6. The molecule has 3 aromatic rings. The van der Waals surface area contributed by atoms with E-state index in [0.717, 1.165) is 21.5 Å². The Morgan fingerprint density at radius 3 is 2.26 bits per heavy atom. The zero-order valence-electron chi connectivity index (χ0n) is 14.7. The molecule has 0 spiro atoms. The van der Waals surface area contributed by atoms with Gasteiger partial charge in [0, 0.05) is 22.2 Å². The number of benzene rings is 1. The fourth-order valence-electron chi connectivity index (χ4n) is 3.26. The minimum absolute atomic E-state index is 0.709. The molecule has 4 heteroatoms. The van der Waals surface area contributed by atoms with Gasteiger partial charge in [0.1, 0.15) is 10.0 Å². The van der Waals surface area contributed by atoms with Crippen molar-refractivity contribution >= 4 is 45.1 Å². The molecule has 2 aromatic heterocycles. The molecule has 0 N–H and O–H groups in total. The van der Waals surface area contributed by atoms with Gasteiger partial charge in [0.05, 0.1) is 0 Å². The number of hydrogen-bond donors (Lipinski definition) is 0. The van der Waals surface area contributed by atoms with Crippen LogP contribution in [0.5, 0.6) is 0 Å². The maximum Gasteiger partial charge on any atom is 0.116 e. The van der Waals surface area contributed by atoms with Crippen molar-refractivity contribution in [2.24, 2.45) is 21.8 Å². The summed E-state index contributed by atoms with van der Waals surface area (Å²) in [4.78, 5) is 11.8. The molecule has 2 unspecified atom stereocenters. The highest BCUT2D eigenvalue weighted by molar-refractivity contribution is 7.25. The summed E-state index contributed by atoms with van der Waals surface area (Å²) in [6, 6.07) is 18.7. The van der Waals surface area contributed by atoms with Gasteiger partial charge in [0.15, 0.2) is 0 Å². The molecular formula is C23H18N2S2. The molecule has 0 amide bonds. The lowest BCUT2D eigenvalue weighted by Gasteiger charge is -2.01. The van der Waals surface area contributed by atoms with Crippen molar-refractivity contribution in [3.63, 3.8) is 0 Å². The van der Waals surface area contributed by atoms with E-state index < -0.39 is 0 Å². The number of fused-ring (bicyclic) bond motifs is 1. The van der Waals surface area contributed by atoms with Crippen LogP contribution >= 0.6 is 22.7 Å². The molecule has 0 aliphatic heterocycles. The molecule has 2 aliphatic carbocycles. The van der Waals surface area contributed by atoms with Gasteiger partial charge in [-0.1, -0.05) is 48.6 Å². The summed E-state index contributed by atoms with van der Waals surface area (Å²) in [7, 11) is 0. The zero-order valence-corrected chi connectivity index (χ0v) is 16.3. The molecule has 2 heterocycles. The van der Waals surface area contributed by atoms with Gasteiger partial charge in [-0.2, -0.15) is 0 Å². The third-order valence-electron chi connectivity index (χ3n) is 4.82. The number of nitrogens with zero attached hydrogens (tertiary/aromatic N) is 2. The summed E-state index contributed by atoms with van der Waals surface area (Å²) < 4.78 is 0. The zero-order chi connectivity index (χ0) is 18.1. The van der Waals surface area contributed by atoms with Crippen LogP contribution in [-0.2, 0) is 0 Å². The maximum absolute atomic E-state index is 4.70. The van der Waals surface area contributed by atoms with Crippen LogP contribution in [-0.4, -0.2) is 12.4 Å². The molecule has 1 fully saturated rings. The molecule has 2 nitrogen and oxygen atoms in total. The van der Waals surface area contributed by atoms with E-state index in [1.165, 1.54) is 21.7 Å². The van der Waals surface area contributed by atoms with Crippen LogP contribution in [0.25, 0.3) is 9.75 Å². The number of allylic oxidation sites excluding steroid dienone is 4. The topological polar surface area (TPSA) is 24.7 Å². The minimum atomic E-state index is 0.709. The number of rotatable bonds is 5.